The van der Waals surface area contributed by atoms with Crippen LogP contribution in [0.25, 0.3) is 0 Å². The summed E-state index contributed by atoms with van der Waals surface area (Å²) in [5, 5.41) is 0. The van der Waals surface area contributed by atoms with Crippen molar-refractivity contribution in [2.75, 3.05) is 14.2 Å². The predicted molar refractivity (Wildman–Crippen MR) is 54.1 cm³/mol. The second kappa shape index (κ2) is 5.14. The summed E-state index contributed by atoms with van der Waals surface area (Å²) in [6.07, 6.45) is 0.933. The summed E-state index contributed by atoms with van der Waals surface area (Å²) in [6.45, 7) is 0. The van der Waals surface area contributed by atoms with Gasteiger partial charge in [-0.3, -0.25) is 0 Å². The van der Waals surface area contributed by atoms with Gasteiger partial charge in [0.2, 0.25) is 0 Å². The van der Waals surface area contributed by atoms with Crippen LogP contribution in [0.1, 0.15) is 15.9 Å². The second-order valence-corrected chi connectivity index (χ2v) is 2.89. The fourth-order valence-electron chi connectivity index (χ4n) is 1.25. The Balaban J connectivity index is 3.15. The van der Waals surface area contributed by atoms with Crippen molar-refractivity contribution >= 4 is 12.3 Å². The predicted octanol–water partition coefficient (Wildman–Crippen LogP) is 1.22. The van der Waals surface area contributed by atoms with Crippen molar-refractivity contribution < 1.29 is 19.1 Å². The van der Waals surface area contributed by atoms with Gasteiger partial charge in [-0.2, -0.15) is 0 Å². The van der Waals surface area contributed by atoms with Crippen LogP contribution in [0.15, 0.2) is 18.2 Å². The number of rotatable bonds is 4. The quantitative estimate of drug-likeness (QED) is 0.551. The van der Waals surface area contributed by atoms with E-state index in [9.17, 15) is 9.59 Å². The van der Waals surface area contributed by atoms with Gasteiger partial charge in [-0.1, -0.05) is 6.07 Å². The maximum atomic E-state index is 11.4. The molecule has 1 aromatic rings. The van der Waals surface area contributed by atoms with Crippen LogP contribution in [0, 0.1) is 0 Å². The van der Waals surface area contributed by atoms with E-state index in [0.29, 0.717) is 16.9 Å². The highest BCUT2D eigenvalue weighted by atomic mass is 16.5. The van der Waals surface area contributed by atoms with E-state index in [1.165, 1.54) is 14.2 Å². The monoisotopic (exact) mass is 208 g/mol. The lowest BCUT2D eigenvalue weighted by molar-refractivity contribution is -0.107. The molecule has 0 N–H and O–H groups in total. The fraction of sp³-hybridized carbons (Fsp3) is 0.273. The summed E-state index contributed by atoms with van der Waals surface area (Å²) in [5.74, 6) is 0.0933. The Labute approximate surface area is 87.8 Å². The van der Waals surface area contributed by atoms with Crippen LogP contribution < -0.4 is 4.74 Å². The van der Waals surface area contributed by atoms with Crippen LogP contribution in [0.3, 0.4) is 0 Å². The highest BCUT2D eigenvalue weighted by Gasteiger charge is 2.12. The minimum atomic E-state index is -0.467. The SMILES string of the molecule is COC(=O)c1cc(OC)ccc1CC=O. The average molecular weight is 208 g/mol. The molecule has 0 bridgehead atoms. The Morgan fingerprint density at radius 2 is 2.13 bits per heavy atom. The van der Waals surface area contributed by atoms with Crippen molar-refractivity contribution in [1.82, 2.24) is 0 Å². The van der Waals surface area contributed by atoms with E-state index in [2.05, 4.69) is 4.74 Å². The first-order valence-corrected chi connectivity index (χ1v) is 4.41. The molecule has 15 heavy (non-hydrogen) atoms. The molecule has 0 aliphatic carbocycles. The number of ether oxygens (including phenoxy) is 2. The van der Waals surface area contributed by atoms with Gasteiger partial charge in [0.1, 0.15) is 12.0 Å². The van der Waals surface area contributed by atoms with E-state index in [1.54, 1.807) is 18.2 Å². The molecule has 0 atom stereocenters. The van der Waals surface area contributed by atoms with Gasteiger partial charge in [0.15, 0.2) is 0 Å². The Morgan fingerprint density at radius 3 is 2.67 bits per heavy atom. The van der Waals surface area contributed by atoms with E-state index >= 15 is 0 Å². The van der Waals surface area contributed by atoms with Gasteiger partial charge in [0.05, 0.1) is 19.8 Å². The van der Waals surface area contributed by atoms with E-state index in [4.69, 9.17) is 4.74 Å². The third-order valence-corrected chi connectivity index (χ3v) is 2.03. The van der Waals surface area contributed by atoms with Crippen LogP contribution in [-0.4, -0.2) is 26.5 Å². The molecule has 0 heterocycles. The van der Waals surface area contributed by atoms with Gasteiger partial charge in [0.25, 0.3) is 0 Å². The van der Waals surface area contributed by atoms with Crippen molar-refractivity contribution in [2.45, 2.75) is 6.42 Å². The summed E-state index contributed by atoms with van der Waals surface area (Å²) in [6, 6.07) is 4.94. The Kier molecular flexibility index (Phi) is 3.85. The van der Waals surface area contributed by atoms with Gasteiger partial charge < -0.3 is 14.3 Å². The molecule has 0 saturated heterocycles. The first kappa shape index (κ1) is 11.2. The van der Waals surface area contributed by atoms with Crippen LogP contribution in [0.4, 0.5) is 0 Å². The summed E-state index contributed by atoms with van der Waals surface area (Å²) in [4.78, 5) is 21.8. The number of benzene rings is 1. The lowest BCUT2D eigenvalue weighted by Crippen LogP contribution is -2.06. The summed E-state index contributed by atoms with van der Waals surface area (Å²) >= 11 is 0. The Bertz CT molecular complexity index is 371. The molecule has 0 spiro atoms. The molecule has 0 aromatic heterocycles. The Hall–Kier alpha value is -1.84. The molecule has 4 heteroatoms. The molecule has 80 valence electrons. The topological polar surface area (TPSA) is 52.6 Å². The summed E-state index contributed by atoms with van der Waals surface area (Å²) in [7, 11) is 2.81. The van der Waals surface area contributed by atoms with Crippen LogP contribution in [-0.2, 0) is 16.0 Å². The number of carbonyl (C=O) groups is 2. The van der Waals surface area contributed by atoms with Gasteiger partial charge in [-0.05, 0) is 17.7 Å². The molecule has 4 nitrogen and oxygen atoms in total. The smallest absolute Gasteiger partial charge is 0.338 e. The number of aldehydes is 1. The fourth-order valence-corrected chi connectivity index (χ4v) is 1.25. The zero-order chi connectivity index (χ0) is 11.3. The molecular weight excluding hydrogens is 196 g/mol. The lowest BCUT2D eigenvalue weighted by atomic mass is 10.0. The molecule has 0 aliphatic heterocycles. The maximum Gasteiger partial charge on any atom is 0.338 e. The normalized spacial score (nSPS) is 9.47. The largest absolute Gasteiger partial charge is 0.497 e. The van der Waals surface area contributed by atoms with Crippen LogP contribution in [0.5, 0.6) is 5.75 Å². The van der Waals surface area contributed by atoms with Crippen molar-refractivity contribution in [2.24, 2.45) is 0 Å². The third-order valence-electron chi connectivity index (χ3n) is 2.03. The zero-order valence-electron chi connectivity index (χ0n) is 8.65. The van der Waals surface area contributed by atoms with Gasteiger partial charge in [-0.25, -0.2) is 4.79 Å². The number of methoxy groups -OCH3 is 2. The first-order valence-electron chi connectivity index (χ1n) is 4.41. The van der Waals surface area contributed by atoms with E-state index < -0.39 is 5.97 Å². The summed E-state index contributed by atoms with van der Waals surface area (Å²) in [5.41, 5.74) is 1.00. The van der Waals surface area contributed by atoms with Crippen LogP contribution >= 0.6 is 0 Å². The number of carbonyl (C=O) groups excluding carboxylic acids is 2. The van der Waals surface area contributed by atoms with Gasteiger partial charge in [0, 0.05) is 6.42 Å². The number of hydrogen-bond acceptors (Lipinski definition) is 4. The van der Waals surface area contributed by atoms with E-state index in [0.717, 1.165) is 6.29 Å². The van der Waals surface area contributed by atoms with E-state index in [-0.39, 0.29) is 6.42 Å². The van der Waals surface area contributed by atoms with Crippen LogP contribution in [0.2, 0.25) is 0 Å². The standard InChI is InChI=1S/C11H12O4/c1-14-9-4-3-8(5-6-12)10(7-9)11(13)15-2/h3-4,6-7H,5H2,1-2H3. The first-order chi connectivity index (χ1) is 7.22. The van der Waals surface area contributed by atoms with E-state index in [1.807, 2.05) is 0 Å². The molecule has 0 amide bonds. The van der Waals surface area contributed by atoms with Gasteiger partial charge in [-0.15, -0.1) is 0 Å². The molecule has 0 aliphatic rings. The van der Waals surface area contributed by atoms with Crippen molar-refractivity contribution in [3.63, 3.8) is 0 Å². The van der Waals surface area contributed by atoms with Crippen molar-refractivity contribution in [3.8, 4) is 5.75 Å². The average Bonchev–Trinajstić information content (AvgIpc) is 2.29. The minimum absolute atomic E-state index is 0.189. The lowest BCUT2D eigenvalue weighted by Gasteiger charge is -2.07. The maximum absolute atomic E-state index is 11.4. The third kappa shape index (κ3) is 2.56. The molecule has 1 aromatic carbocycles. The number of hydrogen-bond donors (Lipinski definition) is 0. The molecule has 1 rings (SSSR count). The zero-order valence-corrected chi connectivity index (χ0v) is 8.65. The second-order valence-electron chi connectivity index (χ2n) is 2.89. The van der Waals surface area contributed by atoms with Crippen molar-refractivity contribution in [3.05, 3.63) is 29.3 Å². The molecule has 0 unspecified atom stereocenters. The molecular formula is C11H12O4. The molecule has 0 radical (unpaired) electrons. The molecule has 0 fully saturated rings. The minimum Gasteiger partial charge on any atom is -0.497 e. The highest BCUT2D eigenvalue weighted by Crippen LogP contribution is 2.18. The molecule has 0 saturated carbocycles. The Morgan fingerprint density at radius 1 is 1.40 bits per heavy atom. The summed E-state index contributed by atoms with van der Waals surface area (Å²) < 4.78 is 9.60. The highest BCUT2D eigenvalue weighted by molar-refractivity contribution is 5.92. The number of esters is 1. The van der Waals surface area contributed by atoms with Crippen molar-refractivity contribution in [1.29, 1.82) is 0 Å². The van der Waals surface area contributed by atoms with Gasteiger partial charge >= 0.3 is 5.97 Å².